The van der Waals surface area contributed by atoms with Crippen molar-refractivity contribution in [3.8, 4) is 22.1 Å². The Kier molecular flexibility index (Phi) is 6.03. The van der Waals surface area contributed by atoms with Crippen LogP contribution in [0, 0.1) is 0 Å². The number of aliphatic imine (C=N–C) groups is 1. The van der Waals surface area contributed by atoms with Crippen molar-refractivity contribution in [2.24, 2.45) is 15.2 Å². The molecule has 5 rings (SSSR count). The Labute approximate surface area is 204 Å². The molecule has 0 aliphatic rings. The number of para-hydroxylation sites is 1. The smallest absolute Gasteiger partial charge is 0.128 e. The monoisotopic (exact) mass is 484 g/mol. The van der Waals surface area contributed by atoms with Crippen LogP contribution in [0.4, 0.5) is 17.1 Å². The summed E-state index contributed by atoms with van der Waals surface area (Å²) < 4.78 is 1.04. The van der Waals surface area contributed by atoms with E-state index in [4.69, 9.17) is 11.6 Å². The van der Waals surface area contributed by atoms with Crippen LogP contribution in [0.5, 0.6) is 11.5 Å². The fourth-order valence-electron chi connectivity index (χ4n) is 3.24. The Morgan fingerprint density at radius 2 is 1.47 bits per heavy atom. The number of phenolic OH excluding ortho intramolecular Hbond substituents is 2. The molecule has 0 spiro atoms. The van der Waals surface area contributed by atoms with Crippen molar-refractivity contribution in [1.82, 2.24) is 4.98 Å². The number of fused-ring (bicyclic) bond motifs is 1. The molecule has 8 heteroatoms. The van der Waals surface area contributed by atoms with Crippen LogP contribution in [0.25, 0.3) is 20.8 Å². The van der Waals surface area contributed by atoms with Crippen LogP contribution >= 0.6 is 22.9 Å². The molecule has 0 saturated carbocycles. The van der Waals surface area contributed by atoms with Crippen molar-refractivity contribution in [3.05, 3.63) is 95.5 Å². The van der Waals surface area contributed by atoms with Gasteiger partial charge in [-0.2, -0.15) is 10.2 Å². The van der Waals surface area contributed by atoms with Gasteiger partial charge in [0.1, 0.15) is 16.5 Å². The predicted octanol–water partition coefficient (Wildman–Crippen LogP) is 8.19. The molecular weight excluding hydrogens is 468 g/mol. The zero-order valence-corrected chi connectivity index (χ0v) is 19.2. The van der Waals surface area contributed by atoms with Crippen molar-refractivity contribution in [2.45, 2.75) is 0 Å². The fourth-order valence-corrected chi connectivity index (χ4v) is 4.35. The number of hydrogen-bond acceptors (Lipinski definition) is 7. The molecule has 1 aromatic heterocycles. The first-order valence-electron chi connectivity index (χ1n) is 10.3. The maximum atomic E-state index is 10.4. The highest BCUT2D eigenvalue weighted by atomic mass is 35.5. The van der Waals surface area contributed by atoms with Crippen LogP contribution in [-0.2, 0) is 0 Å². The summed E-state index contributed by atoms with van der Waals surface area (Å²) in [5.41, 5.74) is 3.81. The highest BCUT2D eigenvalue weighted by Crippen LogP contribution is 2.37. The first-order valence-corrected chi connectivity index (χ1v) is 11.5. The molecular formula is C26H17ClN4O2S. The quantitative estimate of drug-likeness (QED) is 0.194. The molecule has 1 heterocycles. The van der Waals surface area contributed by atoms with E-state index in [2.05, 4.69) is 20.2 Å². The second kappa shape index (κ2) is 9.43. The van der Waals surface area contributed by atoms with Gasteiger partial charge in [-0.05, 0) is 72.8 Å². The summed E-state index contributed by atoms with van der Waals surface area (Å²) in [5, 5.41) is 30.4. The molecule has 0 aliphatic heterocycles. The number of nitrogens with zero attached hydrogens (tertiary/aromatic N) is 4. The molecule has 0 fully saturated rings. The van der Waals surface area contributed by atoms with Gasteiger partial charge in [0.15, 0.2) is 0 Å². The lowest BCUT2D eigenvalue weighted by Gasteiger charge is -2.03. The van der Waals surface area contributed by atoms with Gasteiger partial charge in [0, 0.05) is 16.8 Å². The number of halogens is 1. The van der Waals surface area contributed by atoms with E-state index in [1.807, 2.05) is 24.3 Å². The molecule has 0 unspecified atom stereocenters. The minimum Gasteiger partial charge on any atom is -0.507 e. The average Bonchev–Trinajstić information content (AvgIpc) is 3.28. The summed E-state index contributed by atoms with van der Waals surface area (Å²) in [6.07, 6.45) is 1.55. The summed E-state index contributed by atoms with van der Waals surface area (Å²) >= 11 is 7.40. The molecule has 166 valence electrons. The summed E-state index contributed by atoms with van der Waals surface area (Å²) in [4.78, 5) is 9.10. The first kappa shape index (κ1) is 21.8. The lowest BCUT2D eigenvalue weighted by atomic mass is 10.1. The molecule has 0 radical (unpaired) electrons. The van der Waals surface area contributed by atoms with E-state index in [1.54, 1.807) is 66.9 Å². The van der Waals surface area contributed by atoms with Gasteiger partial charge in [-0.1, -0.05) is 23.7 Å². The van der Waals surface area contributed by atoms with E-state index in [0.29, 0.717) is 38.2 Å². The van der Waals surface area contributed by atoms with Crippen molar-refractivity contribution in [1.29, 1.82) is 0 Å². The maximum Gasteiger partial charge on any atom is 0.128 e. The Morgan fingerprint density at radius 3 is 2.29 bits per heavy atom. The standard InChI is InChI=1S/C26H17ClN4O2S/c27-17-5-7-18(8-6-17)30-31-20-10-11-23(32)16(13-20)15-28-19-9-12-24(33)21(14-19)26-29-22-3-1-2-4-25(22)34-26/h1-15,32-33H. The normalized spacial score (nSPS) is 11.7. The fraction of sp³-hybridized carbons (Fsp3) is 0. The SMILES string of the molecule is Oc1ccc(N=Nc2ccc(Cl)cc2)cc1C=Nc1ccc(O)c(-c2nc3ccccc3s2)c1. The number of phenols is 2. The highest BCUT2D eigenvalue weighted by Gasteiger charge is 2.11. The molecule has 0 bridgehead atoms. The zero-order chi connectivity index (χ0) is 23.5. The van der Waals surface area contributed by atoms with Crippen LogP contribution in [0.15, 0.2) is 100 Å². The Balaban J connectivity index is 1.41. The molecule has 4 aromatic carbocycles. The van der Waals surface area contributed by atoms with Crippen molar-refractivity contribution in [3.63, 3.8) is 0 Å². The predicted molar refractivity (Wildman–Crippen MR) is 138 cm³/mol. The maximum absolute atomic E-state index is 10.4. The van der Waals surface area contributed by atoms with E-state index in [1.165, 1.54) is 11.3 Å². The molecule has 2 N–H and O–H groups in total. The van der Waals surface area contributed by atoms with Gasteiger partial charge in [0.05, 0.1) is 32.8 Å². The number of azo groups is 1. The van der Waals surface area contributed by atoms with Crippen molar-refractivity contribution in [2.75, 3.05) is 0 Å². The Hall–Kier alpha value is -4.07. The molecule has 0 amide bonds. The largest absolute Gasteiger partial charge is 0.507 e. The lowest BCUT2D eigenvalue weighted by molar-refractivity contribution is 0.474. The summed E-state index contributed by atoms with van der Waals surface area (Å²) in [6.45, 7) is 0. The first-order chi connectivity index (χ1) is 16.5. The van der Waals surface area contributed by atoms with Crippen LogP contribution in [0.1, 0.15) is 5.56 Å². The van der Waals surface area contributed by atoms with E-state index in [9.17, 15) is 10.2 Å². The zero-order valence-electron chi connectivity index (χ0n) is 17.6. The van der Waals surface area contributed by atoms with Gasteiger partial charge in [-0.15, -0.1) is 11.3 Å². The Bertz CT molecular complexity index is 1510. The third kappa shape index (κ3) is 4.80. The number of thiazole rings is 1. The molecule has 0 saturated heterocycles. The molecule has 6 nitrogen and oxygen atoms in total. The third-order valence-electron chi connectivity index (χ3n) is 4.98. The van der Waals surface area contributed by atoms with E-state index < -0.39 is 0 Å². The molecule has 34 heavy (non-hydrogen) atoms. The number of rotatable bonds is 5. The minimum atomic E-state index is 0.0689. The van der Waals surface area contributed by atoms with Crippen LogP contribution < -0.4 is 0 Å². The van der Waals surface area contributed by atoms with Crippen LogP contribution in [-0.4, -0.2) is 21.4 Å². The van der Waals surface area contributed by atoms with Crippen molar-refractivity contribution < 1.29 is 10.2 Å². The lowest BCUT2D eigenvalue weighted by Crippen LogP contribution is -1.83. The van der Waals surface area contributed by atoms with Gasteiger partial charge in [0.25, 0.3) is 0 Å². The topological polar surface area (TPSA) is 90.4 Å². The average molecular weight is 485 g/mol. The number of hydrogen-bond donors (Lipinski definition) is 2. The number of aromatic hydroxyl groups is 2. The van der Waals surface area contributed by atoms with Crippen LogP contribution in [0.2, 0.25) is 5.02 Å². The number of aromatic nitrogens is 1. The molecule has 5 aromatic rings. The van der Waals surface area contributed by atoms with E-state index in [-0.39, 0.29) is 11.5 Å². The second-order valence-corrected chi connectivity index (χ2v) is 8.83. The van der Waals surface area contributed by atoms with Gasteiger partial charge in [-0.3, -0.25) is 4.99 Å². The highest BCUT2D eigenvalue weighted by molar-refractivity contribution is 7.21. The molecule has 0 atom stereocenters. The van der Waals surface area contributed by atoms with E-state index >= 15 is 0 Å². The third-order valence-corrected chi connectivity index (χ3v) is 6.30. The van der Waals surface area contributed by atoms with Gasteiger partial charge < -0.3 is 10.2 Å². The van der Waals surface area contributed by atoms with Gasteiger partial charge in [0.2, 0.25) is 0 Å². The van der Waals surface area contributed by atoms with Gasteiger partial charge >= 0.3 is 0 Å². The molecule has 0 aliphatic carbocycles. The van der Waals surface area contributed by atoms with Gasteiger partial charge in [-0.25, -0.2) is 4.98 Å². The van der Waals surface area contributed by atoms with E-state index in [0.717, 1.165) is 10.2 Å². The summed E-state index contributed by atoms with van der Waals surface area (Å²) in [6, 6.07) is 24.8. The summed E-state index contributed by atoms with van der Waals surface area (Å²) in [5.74, 6) is 0.199. The minimum absolute atomic E-state index is 0.0689. The number of benzene rings is 4. The Morgan fingerprint density at radius 1 is 0.765 bits per heavy atom. The second-order valence-electron chi connectivity index (χ2n) is 7.37. The summed E-state index contributed by atoms with van der Waals surface area (Å²) in [7, 11) is 0. The van der Waals surface area contributed by atoms with Crippen LogP contribution in [0.3, 0.4) is 0 Å². The van der Waals surface area contributed by atoms with Crippen molar-refractivity contribution >= 4 is 56.4 Å².